The molecule has 1 aromatic rings. The quantitative estimate of drug-likeness (QED) is 0.634. The highest BCUT2D eigenvalue weighted by Gasteiger charge is 2.05. The van der Waals surface area contributed by atoms with E-state index in [9.17, 15) is 4.79 Å². The highest BCUT2D eigenvalue weighted by molar-refractivity contribution is 9.10. The van der Waals surface area contributed by atoms with Crippen molar-refractivity contribution in [2.75, 3.05) is 6.61 Å². The molecule has 0 fully saturated rings. The Morgan fingerprint density at radius 2 is 2.15 bits per heavy atom. The maximum absolute atomic E-state index is 11.6. The lowest BCUT2D eigenvalue weighted by Crippen LogP contribution is -2.25. The van der Waals surface area contributed by atoms with Crippen molar-refractivity contribution in [2.24, 2.45) is 11.0 Å². The van der Waals surface area contributed by atoms with Gasteiger partial charge in [-0.25, -0.2) is 5.43 Å². The molecule has 0 aromatic heterocycles. The molecule has 0 bridgehead atoms. The summed E-state index contributed by atoms with van der Waals surface area (Å²) in [6.07, 6.45) is 0.866. The third-order valence-electron chi connectivity index (χ3n) is 2.52. The molecular formula is C15H21BrN2O2. The Labute approximate surface area is 128 Å². The molecule has 0 aliphatic carbocycles. The van der Waals surface area contributed by atoms with E-state index in [0.29, 0.717) is 11.7 Å². The van der Waals surface area contributed by atoms with E-state index in [1.807, 2.05) is 32.0 Å². The van der Waals surface area contributed by atoms with Gasteiger partial charge in [-0.2, -0.15) is 5.10 Å². The summed E-state index contributed by atoms with van der Waals surface area (Å²) in [6, 6.07) is 5.71. The Bertz CT molecular complexity index is 499. The Morgan fingerprint density at radius 1 is 1.45 bits per heavy atom. The highest BCUT2D eigenvalue weighted by Crippen LogP contribution is 2.25. The largest absolute Gasteiger partial charge is 0.483 e. The molecule has 0 saturated carbocycles. The molecule has 5 heteroatoms. The Hall–Kier alpha value is -1.36. The fourth-order valence-corrected chi connectivity index (χ4v) is 2.30. The number of amides is 1. The molecule has 0 aliphatic heterocycles. The van der Waals surface area contributed by atoms with Crippen LogP contribution in [0, 0.1) is 12.8 Å². The van der Waals surface area contributed by atoms with E-state index < -0.39 is 0 Å². The van der Waals surface area contributed by atoms with Crippen molar-refractivity contribution >= 4 is 27.5 Å². The summed E-state index contributed by atoms with van der Waals surface area (Å²) in [5.74, 6) is 0.907. The van der Waals surface area contributed by atoms with Crippen LogP contribution in [0.2, 0.25) is 0 Å². The Kier molecular flexibility index (Phi) is 6.71. The Balaban J connectivity index is 2.43. The van der Waals surface area contributed by atoms with E-state index in [1.54, 1.807) is 0 Å². The van der Waals surface area contributed by atoms with Crippen LogP contribution in [0.1, 0.15) is 32.8 Å². The Morgan fingerprint density at radius 3 is 2.75 bits per heavy atom. The smallest absolute Gasteiger partial charge is 0.277 e. The van der Waals surface area contributed by atoms with Gasteiger partial charge in [0, 0.05) is 5.71 Å². The van der Waals surface area contributed by atoms with Gasteiger partial charge < -0.3 is 4.74 Å². The number of carbonyl (C=O) groups is 1. The van der Waals surface area contributed by atoms with Gasteiger partial charge >= 0.3 is 0 Å². The van der Waals surface area contributed by atoms with Crippen LogP contribution in [-0.2, 0) is 4.79 Å². The number of aryl methyl sites for hydroxylation is 1. The van der Waals surface area contributed by atoms with Crippen molar-refractivity contribution in [3.8, 4) is 5.75 Å². The molecule has 1 rings (SSSR count). The van der Waals surface area contributed by atoms with E-state index in [2.05, 4.69) is 40.3 Å². The zero-order chi connectivity index (χ0) is 15.1. The van der Waals surface area contributed by atoms with Gasteiger partial charge in [0.1, 0.15) is 5.75 Å². The summed E-state index contributed by atoms with van der Waals surface area (Å²) in [7, 11) is 0. The molecule has 1 N–H and O–H groups in total. The van der Waals surface area contributed by atoms with Crippen LogP contribution >= 0.6 is 15.9 Å². The second-order valence-electron chi connectivity index (χ2n) is 5.20. The second kappa shape index (κ2) is 8.04. The van der Waals surface area contributed by atoms with E-state index >= 15 is 0 Å². The molecular weight excluding hydrogens is 320 g/mol. The summed E-state index contributed by atoms with van der Waals surface area (Å²) in [6.45, 7) is 8.06. The van der Waals surface area contributed by atoms with Crippen LogP contribution in [0.25, 0.3) is 0 Å². The predicted octanol–water partition coefficient (Wildman–Crippen LogP) is 3.67. The molecule has 110 valence electrons. The summed E-state index contributed by atoms with van der Waals surface area (Å²) in [5.41, 5.74) is 4.53. The number of hydrogen-bond donors (Lipinski definition) is 1. The summed E-state index contributed by atoms with van der Waals surface area (Å²) in [4.78, 5) is 11.6. The number of nitrogens with zero attached hydrogens (tertiary/aromatic N) is 1. The summed E-state index contributed by atoms with van der Waals surface area (Å²) >= 11 is 3.40. The van der Waals surface area contributed by atoms with Crippen LogP contribution in [-0.4, -0.2) is 18.2 Å². The molecule has 0 unspecified atom stereocenters. The van der Waals surface area contributed by atoms with Crippen molar-refractivity contribution in [2.45, 2.75) is 34.1 Å². The second-order valence-corrected chi connectivity index (χ2v) is 6.06. The first kappa shape index (κ1) is 16.7. The average molecular weight is 341 g/mol. The van der Waals surface area contributed by atoms with Crippen molar-refractivity contribution in [1.82, 2.24) is 5.43 Å². The lowest BCUT2D eigenvalue weighted by molar-refractivity contribution is -0.123. The molecule has 0 heterocycles. The lowest BCUT2D eigenvalue weighted by atomic mass is 10.1. The minimum absolute atomic E-state index is 0.0554. The van der Waals surface area contributed by atoms with E-state index in [-0.39, 0.29) is 12.5 Å². The van der Waals surface area contributed by atoms with Crippen molar-refractivity contribution in [3.05, 3.63) is 28.2 Å². The number of rotatable bonds is 6. The standard InChI is InChI=1S/C15H21BrN2O2/c1-10(2)7-12(4)17-18-15(19)9-20-14-6-5-11(3)8-13(14)16/h5-6,8,10H,7,9H2,1-4H3,(H,18,19). The van der Waals surface area contributed by atoms with Crippen LogP contribution in [0.15, 0.2) is 27.8 Å². The van der Waals surface area contributed by atoms with Crippen LogP contribution < -0.4 is 10.2 Å². The van der Waals surface area contributed by atoms with Crippen molar-refractivity contribution in [1.29, 1.82) is 0 Å². The molecule has 0 aliphatic rings. The molecule has 1 amide bonds. The van der Waals surface area contributed by atoms with Gasteiger partial charge in [-0.05, 0) is 59.8 Å². The van der Waals surface area contributed by atoms with Crippen molar-refractivity contribution in [3.63, 3.8) is 0 Å². The van der Waals surface area contributed by atoms with Gasteiger partial charge in [0.05, 0.1) is 4.47 Å². The number of benzene rings is 1. The minimum Gasteiger partial charge on any atom is -0.483 e. The van der Waals surface area contributed by atoms with Crippen LogP contribution in [0.4, 0.5) is 0 Å². The predicted molar refractivity (Wildman–Crippen MR) is 85.1 cm³/mol. The first-order valence-electron chi connectivity index (χ1n) is 6.59. The molecule has 0 radical (unpaired) electrons. The van der Waals surface area contributed by atoms with Gasteiger partial charge in [-0.1, -0.05) is 19.9 Å². The first-order chi connectivity index (χ1) is 9.38. The fourth-order valence-electron chi connectivity index (χ4n) is 1.69. The number of halogens is 1. The topological polar surface area (TPSA) is 50.7 Å². The first-order valence-corrected chi connectivity index (χ1v) is 7.38. The van der Waals surface area contributed by atoms with E-state index in [0.717, 1.165) is 22.2 Å². The number of nitrogens with one attached hydrogen (secondary N) is 1. The van der Waals surface area contributed by atoms with Crippen LogP contribution in [0.3, 0.4) is 0 Å². The minimum atomic E-state index is -0.263. The third kappa shape index (κ3) is 6.19. The molecule has 0 atom stereocenters. The molecule has 1 aromatic carbocycles. The number of hydrazone groups is 1. The van der Waals surface area contributed by atoms with Crippen LogP contribution in [0.5, 0.6) is 5.75 Å². The van der Waals surface area contributed by atoms with Gasteiger partial charge in [-0.3, -0.25) is 4.79 Å². The average Bonchev–Trinajstić information content (AvgIpc) is 2.34. The molecule has 0 saturated heterocycles. The van der Waals surface area contributed by atoms with Gasteiger partial charge in [-0.15, -0.1) is 0 Å². The molecule has 20 heavy (non-hydrogen) atoms. The van der Waals surface area contributed by atoms with E-state index in [1.165, 1.54) is 0 Å². The number of carbonyl (C=O) groups excluding carboxylic acids is 1. The summed E-state index contributed by atoms with van der Waals surface area (Å²) < 4.78 is 6.28. The lowest BCUT2D eigenvalue weighted by Gasteiger charge is -2.08. The van der Waals surface area contributed by atoms with Gasteiger partial charge in [0.25, 0.3) is 5.91 Å². The molecule has 4 nitrogen and oxygen atoms in total. The SMILES string of the molecule is CC(CC(C)C)=NNC(=O)COc1ccc(C)cc1Br. The molecule has 0 spiro atoms. The summed E-state index contributed by atoms with van der Waals surface area (Å²) in [5, 5.41) is 4.04. The highest BCUT2D eigenvalue weighted by atomic mass is 79.9. The third-order valence-corrected chi connectivity index (χ3v) is 3.14. The zero-order valence-corrected chi connectivity index (χ0v) is 14.0. The van der Waals surface area contributed by atoms with Gasteiger partial charge in [0.15, 0.2) is 6.61 Å². The number of ether oxygens (including phenoxy) is 1. The zero-order valence-electron chi connectivity index (χ0n) is 12.4. The fraction of sp³-hybridized carbons (Fsp3) is 0.467. The number of hydrogen-bond acceptors (Lipinski definition) is 3. The van der Waals surface area contributed by atoms with Crippen molar-refractivity contribution < 1.29 is 9.53 Å². The van der Waals surface area contributed by atoms with E-state index in [4.69, 9.17) is 4.74 Å². The maximum atomic E-state index is 11.6. The van der Waals surface area contributed by atoms with Gasteiger partial charge in [0.2, 0.25) is 0 Å². The maximum Gasteiger partial charge on any atom is 0.277 e. The normalized spacial score (nSPS) is 11.6. The monoisotopic (exact) mass is 340 g/mol.